The summed E-state index contributed by atoms with van der Waals surface area (Å²) in [5.74, 6) is 0.0194. The van der Waals surface area contributed by atoms with Gasteiger partial charge in [0.1, 0.15) is 0 Å². The molecule has 2 N–H and O–H groups in total. The number of aromatic amines is 2. The van der Waals surface area contributed by atoms with Crippen molar-refractivity contribution in [2.75, 3.05) is 0 Å². The number of H-pyrrole nitrogens is 2. The van der Waals surface area contributed by atoms with Crippen molar-refractivity contribution in [3.8, 4) is 0 Å². The average Bonchev–Trinajstić information content (AvgIpc) is 3.13. The maximum absolute atomic E-state index is 12.7. The van der Waals surface area contributed by atoms with Crippen LogP contribution in [0.15, 0.2) is 40.4 Å². The average molecular weight is 330 g/mol. The number of para-hydroxylation sites is 1. The summed E-state index contributed by atoms with van der Waals surface area (Å²) < 4.78 is 1.57. The number of aromatic nitrogens is 4. The van der Waals surface area contributed by atoms with E-state index in [4.69, 9.17) is 0 Å². The van der Waals surface area contributed by atoms with Gasteiger partial charge in [-0.3, -0.25) is 9.36 Å². The molecule has 2 aromatic heterocycles. The summed E-state index contributed by atoms with van der Waals surface area (Å²) >= 11 is 1.30. The molecule has 0 unspecified atom stereocenters. The first kappa shape index (κ1) is 15.6. The van der Waals surface area contributed by atoms with E-state index in [-0.39, 0.29) is 16.7 Å². The molecule has 1 aromatic carbocycles. The number of hydrogen-bond acceptors (Lipinski definition) is 4. The molecule has 0 aliphatic heterocycles. The first-order chi connectivity index (χ1) is 11.1. The molecule has 0 saturated heterocycles. The molecule has 0 spiro atoms. The van der Waals surface area contributed by atoms with Crippen molar-refractivity contribution >= 4 is 28.4 Å². The van der Waals surface area contributed by atoms with Gasteiger partial charge in [-0.05, 0) is 19.4 Å². The maximum Gasteiger partial charge on any atom is 0.343 e. The lowest BCUT2D eigenvalue weighted by Crippen LogP contribution is -2.19. The number of nitrogens with zero attached hydrogens (tertiary/aromatic N) is 2. The number of ketones is 1. The zero-order chi connectivity index (χ0) is 16.4. The van der Waals surface area contributed by atoms with E-state index in [1.165, 1.54) is 11.8 Å². The fraction of sp³-hybridized carbons (Fsp3) is 0.312. The number of Topliss-reactive ketones (excluding diaryl/α,β-unsaturated/α-hetero) is 1. The first-order valence-corrected chi connectivity index (χ1v) is 8.42. The standard InChI is InChI=1S/C16H18N4O2S/c1-3-8-20-15(22)18-19-16(20)23-10(2)14(21)12-9-17-13-7-5-4-6-11(12)13/h4-7,9-10,17H,3,8H2,1-2H3,(H,18,22)/t10-/m1/s1. The van der Waals surface area contributed by atoms with Crippen LogP contribution >= 0.6 is 11.8 Å². The Labute approximate surface area is 137 Å². The van der Waals surface area contributed by atoms with E-state index >= 15 is 0 Å². The van der Waals surface area contributed by atoms with Gasteiger partial charge in [-0.1, -0.05) is 36.9 Å². The van der Waals surface area contributed by atoms with Gasteiger partial charge in [-0.15, -0.1) is 5.10 Å². The van der Waals surface area contributed by atoms with Gasteiger partial charge in [-0.25, -0.2) is 9.89 Å². The minimum atomic E-state index is -0.333. The van der Waals surface area contributed by atoms with E-state index in [9.17, 15) is 9.59 Å². The van der Waals surface area contributed by atoms with E-state index < -0.39 is 0 Å². The van der Waals surface area contributed by atoms with E-state index in [0.717, 1.165) is 17.3 Å². The number of fused-ring (bicyclic) bond motifs is 1. The Kier molecular flexibility index (Phi) is 4.38. The van der Waals surface area contributed by atoms with E-state index in [2.05, 4.69) is 15.2 Å². The second-order valence-corrected chi connectivity index (χ2v) is 6.64. The van der Waals surface area contributed by atoms with Crippen LogP contribution in [0.1, 0.15) is 30.6 Å². The smallest absolute Gasteiger partial charge is 0.343 e. The SMILES string of the molecule is CCCn1c(S[C@H](C)C(=O)c2c[nH]c3ccccc23)n[nH]c1=O. The van der Waals surface area contributed by atoms with Crippen molar-refractivity contribution in [1.82, 2.24) is 19.7 Å². The molecule has 0 fully saturated rings. The molecule has 1 atom stereocenters. The fourth-order valence-electron chi connectivity index (χ4n) is 2.52. The van der Waals surface area contributed by atoms with Crippen molar-refractivity contribution in [3.05, 3.63) is 46.5 Å². The van der Waals surface area contributed by atoms with E-state index in [1.807, 2.05) is 38.1 Å². The van der Waals surface area contributed by atoms with Crippen LogP contribution in [-0.2, 0) is 6.54 Å². The fourth-order valence-corrected chi connectivity index (χ4v) is 3.47. The third kappa shape index (κ3) is 2.96. The molecule has 0 aliphatic carbocycles. The van der Waals surface area contributed by atoms with Gasteiger partial charge in [-0.2, -0.15) is 0 Å². The number of carbonyl (C=O) groups excluding carboxylic acids is 1. The molecule has 0 amide bonds. The van der Waals surface area contributed by atoms with Crippen LogP contribution in [0.2, 0.25) is 0 Å². The first-order valence-electron chi connectivity index (χ1n) is 7.54. The van der Waals surface area contributed by atoms with Gasteiger partial charge in [0.05, 0.1) is 5.25 Å². The van der Waals surface area contributed by atoms with Crippen molar-refractivity contribution in [2.45, 2.75) is 37.2 Å². The third-order valence-electron chi connectivity index (χ3n) is 3.68. The topological polar surface area (TPSA) is 83.5 Å². The Bertz CT molecular complexity index is 893. The summed E-state index contributed by atoms with van der Waals surface area (Å²) in [5.41, 5.74) is 1.37. The summed E-state index contributed by atoms with van der Waals surface area (Å²) in [4.78, 5) is 27.6. The van der Waals surface area contributed by atoms with Gasteiger partial charge in [0.15, 0.2) is 10.9 Å². The highest BCUT2D eigenvalue weighted by Crippen LogP contribution is 2.26. The number of carbonyl (C=O) groups is 1. The lowest BCUT2D eigenvalue weighted by atomic mass is 10.1. The van der Waals surface area contributed by atoms with Gasteiger partial charge < -0.3 is 4.98 Å². The van der Waals surface area contributed by atoms with Gasteiger partial charge in [0.2, 0.25) is 0 Å². The van der Waals surface area contributed by atoms with Crippen LogP contribution in [0.5, 0.6) is 0 Å². The highest BCUT2D eigenvalue weighted by Gasteiger charge is 2.22. The molecular weight excluding hydrogens is 312 g/mol. The predicted molar refractivity (Wildman–Crippen MR) is 91.1 cm³/mol. The lowest BCUT2D eigenvalue weighted by molar-refractivity contribution is 0.0995. The number of thioether (sulfide) groups is 1. The van der Waals surface area contributed by atoms with Crippen LogP contribution in [0.4, 0.5) is 0 Å². The molecule has 23 heavy (non-hydrogen) atoms. The summed E-state index contributed by atoms with van der Waals surface area (Å²) in [6.07, 6.45) is 2.57. The normalized spacial score (nSPS) is 12.6. The molecule has 0 radical (unpaired) electrons. The Morgan fingerprint density at radius 1 is 1.39 bits per heavy atom. The molecule has 0 aliphatic rings. The third-order valence-corrected chi connectivity index (χ3v) is 4.77. The van der Waals surface area contributed by atoms with Crippen molar-refractivity contribution in [2.24, 2.45) is 0 Å². The van der Waals surface area contributed by atoms with Crippen LogP contribution < -0.4 is 5.69 Å². The van der Waals surface area contributed by atoms with Crippen LogP contribution in [0.3, 0.4) is 0 Å². The molecule has 6 nitrogen and oxygen atoms in total. The monoisotopic (exact) mass is 330 g/mol. The van der Waals surface area contributed by atoms with E-state index in [0.29, 0.717) is 17.3 Å². The zero-order valence-corrected chi connectivity index (χ0v) is 13.8. The summed E-state index contributed by atoms with van der Waals surface area (Å²) in [6, 6.07) is 7.71. The van der Waals surface area contributed by atoms with Crippen LogP contribution in [-0.4, -0.2) is 30.8 Å². The zero-order valence-electron chi connectivity index (χ0n) is 13.0. The number of nitrogens with one attached hydrogen (secondary N) is 2. The summed E-state index contributed by atoms with van der Waals surface area (Å²) in [7, 11) is 0. The second kappa shape index (κ2) is 6.45. The van der Waals surface area contributed by atoms with Crippen molar-refractivity contribution in [1.29, 1.82) is 0 Å². The van der Waals surface area contributed by atoms with E-state index in [1.54, 1.807) is 10.8 Å². The number of rotatable bonds is 6. The van der Waals surface area contributed by atoms with Gasteiger partial charge in [0, 0.05) is 29.2 Å². The summed E-state index contributed by atoms with van der Waals surface area (Å²) in [6.45, 7) is 4.42. The Hall–Kier alpha value is -2.28. The number of hydrogen-bond donors (Lipinski definition) is 2. The molecule has 2 heterocycles. The van der Waals surface area contributed by atoms with Crippen molar-refractivity contribution in [3.63, 3.8) is 0 Å². The maximum atomic E-state index is 12.7. The van der Waals surface area contributed by atoms with Gasteiger partial charge in [0.25, 0.3) is 0 Å². The predicted octanol–water partition coefficient (Wildman–Crippen LogP) is 2.83. The minimum Gasteiger partial charge on any atom is -0.360 e. The molecule has 3 aromatic rings. The quantitative estimate of drug-likeness (QED) is 0.538. The second-order valence-electron chi connectivity index (χ2n) is 5.34. The summed E-state index contributed by atoms with van der Waals surface area (Å²) in [5, 5.41) is 7.61. The highest BCUT2D eigenvalue weighted by molar-refractivity contribution is 8.00. The molecule has 7 heteroatoms. The Balaban J connectivity index is 1.85. The van der Waals surface area contributed by atoms with Crippen LogP contribution in [0, 0.1) is 0 Å². The van der Waals surface area contributed by atoms with Crippen molar-refractivity contribution < 1.29 is 4.79 Å². The molecule has 3 rings (SSSR count). The Morgan fingerprint density at radius 3 is 2.96 bits per heavy atom. The van der Waals surface area contributed by atoms with Gasteiger partial charge >= 0.3 is 5.69 Å². The Morgan fingerprint density at radius 2 is 2.17 bits per heavy atom. The number of benzene rings is 1. The largest absolute Gasteiger partial charge is 0.360 e. The minimum absolute atomic E-state index is 0.0194. The molecule has 120 valence electrons. The molecule has 0 saturated carbocycles. The lowest BCUT2D eigenvalue weighted by Gasteiger charge is -2.09. The molecular formula is C16H18N4O2S. The van der Waals surface area contributed by atoms with Crippen LogP contribution in [0.25, 0.3) is 10.9 Å². The molecule has 0 bridgehead atoms. The highest BCUT2D eigenvalue weighted by atomic mass is 32.2.